The van der Waals surface area contributed by atoms with E-state index in [1.165, 1.54) is 18.7 Å². The largest absolute Gasteiger partial charge is 0.480 e. The second-order valence-electron chi connectivity index (χ2n) is 4.08. The summed E-state index contributed by atoms with van der Waals surface area (Å²) in [6, 6.07) is -0.176. The highest BCUT2D eigenvalue weighted by Crippen LogP contribution is 2.13. The molecular formula is C9H16N2O4S. The number of aliphatic carboxylic acids is 1. The summed E-state index contributed by atoms with van der Waals surface area (Å²) < 4.78 is 10.5. The van der Waals surface area contributed by atoms with Crippen LogP contribution < -0.4 is 5.32 Å². The van der Waals surface area contributed by atoms with Gasteiger partial charge in [-0.1, -0.05) is 0 Å². The Hall–Kier alpha value is -1.11. The summed E-state index contributed by atoms with van der Waals surface area (Å²) in [4.78, 5) is 23.5. The van der Waals surface area contributed by atoms with Crippen LogP contribution in [-0.2, 0) is 15.6 Å². The minimum atomic E-state index is -1.49. The molecule has 0 aromatic carbocycles. The molecule has 1 aliphatic rings. The number of carboxylic acid groups (broad SMARTS) is 1. The van der Waals surface area contributed by atoms with Gasteiger partial charge < -0.3 is 15.3 Å². The lowest BCUT2D eigenvalue weighted by molar-refractivity contribution is -0.139. The standard InChI is InChI=1S/C9H16N2O4S/c1-9(2,7(12)13)16(15)6-5-11-4-3-10-8(11)14/h3-6H2,1-2H3,(H,10,14)(H,12,13). The quantitative estimate of drug-likeness (QED) is 0.694. The number of rotatable bonds is 5. The number of hydrogen-bond donors (Lipinski definition) is 2. The van der Waals surface area contributed by atoms with E-state index >= 15 is 0 Å². The maximum absolute atomic E-state index is 11.7. The van der Waals surface area contributed by atoms with Gasteiger partial charge in [-0.3, -0.25) is 9.00 Å². The summed E-state index contributed by atoms with van der Waals surface area (Å²) in [6.07, 6.45) is 0. The van der Waals surface area contributed by atoms with Crippen LogP contribution in [0.5, 0.6) is 0 Å². The van der Waals surface area contributed by atoms with Crippen molar-refractivity contribution in [2.24, 2.45) is 0 Å². The molecule has 1 rings (SSSR count). The highest BCUT2D eigenvalue weighted by Gasteiger charge is 2.34. The van der Waals surface area contributed by atoms with Crippen molar-refractivity contribution < 1.29 is 18.9 Å². The first-order valence-corrected chi connectivity index (χ1v) is 6.32. The second-order valence-corrected chi connectivity index (χ2v) is 6.20. The lowest BCUT2D eigenvalue weighted by Crippen LogP contribution is -2.41. The zero-order valence-electron chi connectivity index (χ0n) is 9.36. The maximum atomic E-state index is 11.7. The summed E-state index contributed by atoms with van der Waals surface area (Å²) >= 11 is 0. The van der Waals surface area contributed by atoms with Gasteiger partial charge in [-0.05, 0) is 13.8 Å². The van der Waals surface area contributed by atoms with Crippen molar-refractivity contribution in [1.29, 1.82) is 0 Å². The van der Waals surface area contributed by atoms with E-state index in [1.807, 2.05) is 0 Å². The summed E-state index contributed by atoms with van der Waals surface area (Å²) in [5.41, 5.74) is 0. The minimum absolute atomic E-state index is 0.176. The Bertz CT molecular complexity index is 329. The smallest absolute Gasteiger partial charge is 0.321 e. The highest BCUT2D eigenvalue weighted by atomic mass is 32.2. The first-order valence-electron chi connectivity index (χ1n) is 5.00. The first kappa shape index (κ1) is 13.0. The van der Waals surface area contributed by atoms with Crippen LogP contribution in [0.15, 0.2) is 0 Å². The number of nitrogens with zero attached hydrogens (tertiary/aromatic N) is 1. The van der Waals surface area contributed by atoms with Crippen LogP contribution in [0.3, 0.4) is 0 Å². The van der Waals surface area contributed by atoms with E-state index in [9.17, 15) is 13.8 Å². The molecule has 7 heteroatoms. The van der Waals surface area contributed by atoms with Gasteiger partial charge >= 0.3 is 12.0 Å². The summed E-state index contributed by atoms with van der Waals surface area (Å²) in [5, 5.41) is 11.5. The first-order chi connectivity index (χ1) is 7.35. The molecule has 0 bridgehead atoms. The van der Waals surface area contributed by atoms with Crippen molar-refractivity contribution in [1.82, 2.24) is 10.2 Å². The normalized spacial score (nSPS) is 18.4. The maximum Gasteiger partial charge on any atom is 0.321 e. The van der Waals surface area contributed by atoms with Gasteiger partial charge in [0.15, 0.2) is 0 Å². The molecule has 1 atom stereocenters. The Morgan fingerprint density at radius 3 is 2.69 bits per heavy atom. The molecule has 6 nitrogen and oxygen atoms in total. The Morgan fingerprint density at radius 1 is 1.62 bits per heavy atom. The minimum Gasteiger partial charge on any atom is -0.480 e. The molecule has 16 heavy (non-hydrogen) atoms. The molecule has 0 spiro atoms. The fourth-order valence-electron chi connectivity index (χ4n) is 1.27. The average molecular weight is 248 g/mol. The van der Waals surface area contributed by atoms with Crippen molar-refractivity contribution in [2.75, 3.05) is 25.4 Å². The van der Waals surface area contributed by atoms with Gasteiger partial charge in [0.25, 0.3) is 0 Å². The molecule has 0 aromatic heterocycles. The predicted octanol–water partition coefficient (Wildman–Crippen LogP) is -0.376. The van der Waals surface area contributed by atoms with Crippen LogP contribution in [0.1, 0.15) is 13.8 Å². The third-order valence-corrected chi connectivity index (χ3v) is 4.44. The van der Waals surface area contributed by atoms with E-state index in [2.05, 4.69) is 5.32 Å². The molecular weight excluding hydrogens is 232 g/mol. The van der Waals surface area contributed by atoms with Crippen molar-refractivity contribution >= 4 is 22.8 Å². The van der Waals surface area contributed by atoms with E-state index in [4.69, 9.17) is 5.11 Å². The molecule has 1 unspecified atom stereocenters. The Kier molecular flexibility index (Phi) is 3.90. The van der Waals surface area contributed by atoms with Crippen LogP contribution in [0.25, 0.3) is 0 Å². The van der Waals surface area contributed by atoms with Gasteiger partial charge in [-0.15, -0.1) is 0 Å². The Balaban J connectivity index is 2.46. The Morgan fingerprint density at radius 2 is 2.25 bits per heavy atom. The van der Waals surface area contributed by atoms with E-state index in [0.717, 1.165) is 0 Å². The van der Waals surface area contributed by atoms with Gasteiger partial charge in [0.1, 0.15) is 4.75 Å². The van der Waals surface area contributed by atoms with E-state index in [-0.39, 0.29) is 11.8 Å². The second kappa shape index (κ2) is 4.82. The fraction of sp³-hybridized carbons (Fsp3) is 0.778. The third kappa shape index (κ3) is 2.72. The lowest BCUT2D eigenvalue weighted by Gasteiger charge is -2.20. The topological polar surface area (TPSA) is 86.7 Å². The molecule has 92 valence electrons. The molecule has 1 saturated heterocycles. The molecule has 0 aliphatic carbocycles. The van der Waals surface area contributed by atoms with Gasteiger partial charge in [-0.2, -0.15) is 0 Å². The molecule has 2 N–H and O–H groups in total. The predicted molar refractivity (Wildman–Crippen MR) is 59.7 cm³/mol. The number of carbonyl (C=O) groups excluding carboxylic acids is 1. The van der Waals surface area contributed by atoms with Gasteiger partial charge in [0, 0.05) is 36.2 Å². The molecule has 1 fully saturated rings. The number of carbonyl (C=O) groups is 2. The fourth-order valence-corrected chi connectivity index (χ4v) is 2.36. The average Bonchev–Trinajstić information content (AvgIpc) is 2.60. The molecule has 1 heterocycles. The van der Waals surface area contributed by atoms with Crippen molar-refractivity contribution in [3.8, 4) is 0 Å². The SMILES string of the molecule is CC(C)(C(=O)O)S(=O)CCN1CCNC1=O. The van der Waals surface area contributed by atoms with Crippen LogP contribution >= 0.6 is 0 Å². The van der Waals surface area contributed by atoms with Crippen molar-refractivity contribution in [2.45, 2.75) is 18.6 Å². The van der Waals surface area contributed by atoms with E-state index in [1.54, 1.807) is 0 Å². The van der Waals surface area contributed by atoms with Crippen LogP contribution in [0.2, 0.25) is 0 Å². The van der Waals surface area contributed by atoms with Crippen LogP contribution in [0.4, 0.5) is 4.79 Å². The number of urea groups is 1. The number of carboxylic acids is 1. The van der Waals surface area contributed by atoms with E-state index < -0.39 is 21.5 Å². The Labute approximate surface area is 96.5 Å². The van der Waals surface area contributed by atoms with Crippen LogP contribution in [0, 0.1) is 0 Å². The van der Waals surface area contributed by atoms with Crippen LogP contribution in [-0.4, -0.2) is 56.3 Å². The monoisotopic (exact) mass is 248 g/mol. The lowest BCUT2D eigenvalue weighted by atomic mass is 10.2. The number of nitrogens with one attached hydrogen (secondary N) is 1. The molecule has 0 saturated carbocycles. The summed E-state index contributed by atoms with van der Waals surface area (Å²) in [5.74, 6) is -0.899. The number of amides is 2. The summed E-state index contributed by atoms with van der Waals surface area (Å²) in [7, 11) is -1.49. The number of hydrogen-bond acceptors (Lipinski definition) is 3. The zero-order chi connectivity index (χ0) is 12.3. The van der Waals surface area contributed by atoms with Gasteiger partial charge in [-0.25, -0.2) is 4.79 Å². The summed E-state index contributed by atoms with van der Waals surface area (Å²) in [6.45, 7) is 4.36. The third-order valence-electron chi connectivity index (χ3n) is 2.58. The zero-order valence-corrected chi connectivity index (χ0v) is 10.2. The van der Waals surface area contributed by atoms with Crippen molar-refractivity contribution in [3.05, 3.63) is 0 Å². The molecule has 2 amide bonds. The molecule has 0 radical (unpaired) electrons. The van der Waals surface area contributed by atoms with Crippen molar-refractivity contribution in [3.63, 3.8) is 0 Å². The highest BCUT2D eigenvalue weighted by molar-refractivity contribution is 7.87. The van der Waals surface area contributed by atoms with Gasteiger partial charge in [0.2, 0.25) is 0 Å². The molecule has 0 aromatic rings. The van der Waals surface area contributed by atoms with Gasteiger partial charge in [0.05, 0.1) is 0 Å². The molecule has 1 aliphatic heterocycles. The van der Waals surface area contributed by atoms with E-state index in [0.29, 0.717) is 19.6 Å².